The van der Waals surface area contributed by atoms with E-state index in [4.69, 9.17) is 4.74 Å². The summed E-state index contributed by atoms with van der Waals surface area (Å²) >= 11 is 0. The van der Waals surface area contributed by atoms with Crippen molar-refractivity contribution in [2.24, 2.45) is 0 Å². The number of nitrogens with zero attached hydrogens (tertiary/aromatic N) is 2. The number of pyridine rings is 1. The zero-order chi connectivity index (χ0) is 23.2. The molecule has 0 spiro atoms. The van der Waals surface area contributed by atoms with E-state index < -0.39 is 17.9 Å². The summed E-state index contributed by atoms with van der Waals surface area (Å²) in [5, 5.41) is 4.91. The highest BCUT2D eigenvalue weighted by Gasteiger charge is 2.24. The molecule has 6 nitrogen and oxygen atoms in total. The number of hydrogen-bond donors (Lipinski definition) is 1. The quantitative estimate of drug-likeness (QED) is 0.330. The number of unbranched alkanes of at least 4 members (excludes halogenated alkanes) is 1. The number of esters is 1. The van der Waals surface area contributed by atoms with Crippen molar-refractivity contribution in [2.75, 3.05) is 6.61 Å². The molecular formula is C27H30ClN3O3. The Morgan fingerprint density at radius 3 is 2.47 bits per heavy atom. The lowest BCUT2D eigenvalue weighted by molar-refractivity contribution is -0.145. The number of fused-ring (bicyclic) bond motifs is 3. The lowest BCUT2D eigenvalue weighted by Crippen LogP contribution is -2.43. The normalized spacial score (nSPS) is 11.7. The van der Waals surface area contributed by atoms with E-state index in [1.54, 1.807) is 13.1 Å². The smallest absolute Gasteiger partial charge is 0.328 e. The van der Waals surface area contributed by atoms with Crippen LogP contribution in [0.5, 0.6) is 0 Å². The van der Waals surface area contributed by atoms with Crippen molar-refractivity contribution in [1.82, 2.24) is 14.9 Å². The van der Waals surface area contributed by atoms with Crippen molar-refractivity contribution in [3.05, 3.63) is 78.1 Å². The molecule has 1 atom stereocenters. The number of halogens is 1. The molecular weight excluding hydrogens is 450 g/mol. The summed E-state index contributed by atoms with van der Waals surface area (Å²) in [6, 6.07) is 18.8. The molecule has 0 saturated heterocycles. The van der Waals surface area contributed by atoms with Gasteiger partial charge < -0.3 is 14.6 Å². The van der Waals surface area contributed by atoms with E-state index in [-0.39, 0.29) is 24.7 Å². The van der Waals surface area contributed by atoms with Gasteiger partial charge in [0.05, 0.1) is 18.3 Å². The van der Waals surface area contributed by atoms with E-state index in [1.165, 1.54) is 0 Å². The Morgan fingerprint density at radius 1 is 1.00 bits per heavy atom. The molecule has 0 saturated carbocycles. The van der Waals surface area contributed by atoms with Crippen molar-refractivity contribution >= 4 is 46.1 Å². The van der Waals surface area contributed by atoms with Gasteiger partial charge in [-0.3, -0.25) is 4.79 Å². The number of amides is 1. The Hall–Kier alpha value is -3.38. The average molecular weight is 480 g/mol. The van der Waals surface area contributed by atoms with Gasteiger partial charge in [-0.15, -0.1) is 12.4 Å². The molecule has 34 heavy (non-hydrogen) atoms. The van der Waals surface area contributed by atoms with Gasteiger partial charge in [0.25, 0.3) is 5.91 Å². The van der Waals surface area contributed by atoms with Crippen molar-refractivity contribution < 1.29 is 14.3 Å². The van der Waals surface area contributed by atoms with Gasteiger partial charge in [0.15, 0.2) is 0 Å². The zero-order valence-corrected chi connectivity index (χ0v) is 20.3. The number of carbonyl (C=O) groups excluding carboxylic acids is 2. The van der Waals surface area contributed by atoms with E-state index in [2.05, 4.69) is 33.9 Å². The number of para-hydroxylation sites is 1. The minimum atomic E-state index is -0.789. The number of rotatable bonds is 9. The molecule has 0 bridgehead atoms. The van der Waals surface area contributed by atoms with Gasteiger partial charge in [0.2, 0.25) is 0 Å². The molecule has 0 unspecified atom stereocenters. The number of aryl methyl sites for hydroxylation is 1. The summed E-state index contributed by atoms with van der Waals surface area (Å²) in [4.78, 5) is 30.1. The van der Waals surface area contributed by atoms with Crippen LogP contribution in [-0.2, 0) is 22.5 Å². The molecule has 0 radical (unpaired) electrons. The summed E-state index contributed by atoms with van der Waals surface area (Å²) in [5.74, 6) is -0.844. The Labute approximate surface area is 205 Å². The number of aromatic nitrogens is 2. The van der Waals surface area contributed by atoms with Gasteiger partial charge in [-0.2, -0.15) is 0 Å². The third-order valence-corrected chi connectivity index (χ3v) is 5.79. The van der Waals surface area contributed by atoms with Gasteiger partial charge in [-0.05, 0) is 31.0 Å². The van der Waals surface area contributed by atoms with Gasteiger partial charge >= 0.3 is 5.97 Å². The van der Waals surface area contributed by atoms with Crippen LogP contribution in [0, 0.1) is 0 Å². The van der Waals surface area contributed by atoms with Crippen LogP contribution in [0.1, 0.15) is 42.7 Å². The summed E-state index contributed by atoms with van der Waals surface area (Å²) in [7, 11) is 0. The lowest BCUT2D eigenvalue weighted by atomic mass is 10.1. The second-order valence-corrected chi connectivity index (χ2v) is 8.08. The second kappa shape index (κ2) is 11.7. The van der Waals surface area contributed by atoms with Crippen molar-refractivity contribution in [1.29, 1.82) is 0 Å². The highest BCUT2D eigenvalue weighted by atomic mass is 35.5. The molecule has 2 heterocycles. The number of ether oxygens (including phenoxy) is 1. The standard InChI is InChI=1S/C27H29N3O3.ClH/c1-3-5-15-30-24-14-10-9-13-20(24)21-17-22(28-18-25(21)30)26(31)29-23(27(32)33-4-2)16-19-11-7-6-8-12-19;/h6-14,17-18,23H,3-5,15-16H2,1-2H3,(H,29,31);1H/t23-;/m0./s1. The highest BCUT2D eigenvalue weighted by Crippen LogP contribution is 2.29. The van der Waals surface area contributed by atoms with E-state index in [0.29, 0.717) is 6.42 Å². The summed E-state index contributed by atoms with van der Waals surface area (Å²) < 4.78 is 7.47. The topological polar surface area (TPSA) is 73.2 Å². The Balaban J connectivity index is 0.00000324. The first-order chi connectivity index (χ1) is 16.1. The van der Waals surface area contributed by atoms with Crippen LogP contribution in [0.3, 0.4) is 0 Å². The van der Waals surface area contributed by atoms with Crippen LogP contribution in [0.4, 0.5) is 0 Å². The largest absolute Gasteiger partial charge is 0.464 e. The molecule has 7 heteroatoms. The molecule has 178 valence electrons. The van der Waals surface area contributed by atoms with E-state index in [1.807, 2.05) is 48.5 Å². The summed E-state index contributed by atoms with van der Waals surface area (Å²) in [5.41, 5.74) is 3.36. The summed E-state index contributed by atoms with van der Waals surface area (Å²) in [6.07, 6.45) is 4.27. The number of benzene rings is 2. The summed E-state index contributed by atoms with van der Waals surface area (Å²) in [6.45, 7) is 5.07. The molecule has 1 N–H and O–H groups in total. The Bertz CT molecular complexity index is 1270. The maximum Gasteiger partial charge on any atom is 0.328 e. The van der Waals surface area contributed by atoms with Crippen LogP contribution in [0.15, 0.2) is 66.9 Å². The van der Waals surface area contributed by atoms with Crippen LogP contribution in [-0.4, -0.2) is 34.1 Å². The van der Waals surface area contributed by atoms with Crippen molar-refractivity contribution in [2.45, 2.75) is 45.7 Å². The first-order valence-electron chi connectivity index (χ1n) is 11.5. The number of nitrogens with one attached hydrogen (secondary N) is 1. The van der Waals surface area contributed by atoms with Crippen molar-refractivity contribution in [3.8, 4) is 0 Å². The minimum Gasteiger partial charge on any atom is -0.464 e. The van der Waals surface area contributed by atoms with Gasteiger partial charge in [0.1, 0.15) is 11.7 Å². The molecule has 2 aromatic heterocycles. The van der Waals surface area contributed by atoms with Crippen molar-refractivity contribution in [3.63, 3.8) is 0 Å². The molecule has 4 aromatic rings. The maximum absolute atomic E-state index is 13.1. The first-order valence-corrected chi connectivity index (χ1v) is 11.5. The lowest BCUT2D eigenvalue weighted by Gasteiger charge is -2.17. The fourth-order valence-corrected chi connectivity index (χ4v) is 4.14. The predicted molar refractivity (Wildman–Crippen MR) is 137 cm³/mol. The molecule has 4 rings (SSSR count). The molecule has 0 aliphatic heterocycles. The minimum absolute atomic E-state index is 0. The molecule has 0 fully saturated rings. The second-order valence-electron chi connectivity index (χ2n) is 8.08. The molecule has 2 aromatic carbocycles. The van der Waals surface area contributed by atoms with E-state index >= 15 is 0 Å². The molecule has 1 amide bonds. The average Bonchev–Trinajstić information content (AvgIpc) is 3.16. The van der Waals surface area contributed by atoms with Crippen LogP contribution in [0.2, 0.25) is 0 Å². The Kier molecular flexibility index (Phi) is 8.66. The zero-order valence-electron chi connectivity index (χ0n) is 19.5. The van der Waals surface area contributed by atoms with Crippen LogP contribution >= 0.6 is 12.4 Å². The number of hydrogen-bond acceptors (Lipinski definition) is 4. The van der Waals surface area contributed by atoms with Gasteiger partial charge in [0, 0.05) is 29.3 Å². The van der Waals surface area contributed by atoms with Crippen LogP contribution in [0.25, 0.3) is 21.8 Å². The van der Waals surface area contributed by atoms with E-state index in [0.717, 1.165) is 46.8 Å². The monoisotopic (exact) mass is 479 g/mol. The maximum atomic E-state index is 13.1. The highest BCUT2D eigenvalue weighted by molar-refractivity contribution is 6.10. The van der Waals surface area contributed by atoms with Gasteiger partial charge in [-0.1, -0.05) is 61.9 Å². The van der Waals surface area contributed by atoms with Gasteiger partial charge in [-0.25, -0.2) is 9.78 Å². The fraction of sp³-hybridized carbons (Fsp3) is 0.296. The third kappa shape index (κ3) is 5.39. The molecule has 0 aliphatic carbocycles. The fourth-order valence-electron chi connectivity index (χ4n) is 4.14. The first kappa shape index (κ1) is 25.2. The SMILES string of the molecule is CCCCn1c2ccccc2c2cc(C(=O)N[C@@H](Cc3ccccc3)C(=O)OCC)ncc21.Cl. The Morgan fingerprint density at radius 2 is 1.74 bits per heavy atom. The van der Waals surface area contributed by atoms with Crippen LogP contribution < -0.4 is 5.32 Å². The number of carbonyl (C=O) groups is 2. The van der Waals surface area contributed by atoms with E-state index in [9.17, 15) is 9.59 Å². The third-order valence-electron chi connectivity index (χ3n) is 5.79. The molecule has 0 aliphatic rings. The predicted octanol–water partition coefficient (Wildman–Crippen LogP) is 5.32.